The second-order valence-electron chi connectivity index (χ2n) is 5.34. The maximum absolute atomic E-state index is 10.5. The summed E-state index contributed by atoms with van der Waals surface area (Å²) < 4.78 is 11.2. The quantitative estimate of drug-likeness (QED) is 0.721. The zero-order valence-electron chi connectivity index (χ0n) is 11.8. The highest BCUT2D eigenvalue weighted by Gasteiger charge is 2.27. The Bertz CT molecular complexity index is 839. The Hall–Kier alpha value is -2.26. The Morgan fingerprint density at radius 3 is 2.67 bits per heavy atom. The number of aromatic hydroxyl groups is 1. The van der Waals surface area contributed by atoms with Crippen molar-refractivity contribution in [2.24, 2.45) is 0 Å². The number of hydrogen-bond acceptors (Lipinski definition) is 3. The van der Waals surface area contributed by atoms with E-state index < -0.39 is 0 Å². The predicted octanol–water partition coefficient (Wildman–Crippen LogP) is 4.00. The van der Waals surface area contributed by atoms with Crippen LogP contribution >= 0.6 is 0 Å². The lowest BCUT2D eigenvalue weighted by molar-refractivity contribution is -0.0609. The number of phenolic OH excluding ortho intramolecular Hbond substituents is 1. The van der Waals surface area contributed by atoms with Crippen LogP contribution in [0.5, 0.6) is 11.5 Å². The minimum atomic E-state index is -0.290. The molecule has 3 nitrogen and oxygen atoms in total. The van der Waals surface area contributed by atoms with E-state index in [0.29, 0.717) is 18.8 Å². The molecule has 1 aliphatic rings. The van der Waals surface area contributed by atoms with E-state index in [-0.39, 0.29) is 12.0 Å². The molecule has 1 atom stereocenters. The Labute approximate surface area is 122 Å². The highest BCUT2D eigenvalue weighted by atomic mass is 16.7. The van der Waals surface area contributed by atoms with E-state index >= 15 is 0 Å². The molecule has 0 bridgehead atoms. The molecule has 0 aliphatic carbocycles. The van der Waals surface area contributed by atoms with Gasteiger partial charge >= 0.3 is 0 Å². The molecule has 0 radical (unpaired) electrons. The van der Waals surface area contributed by atoms with Crippen LogP contribution in [-0.2, 0) is 11.2 Å². The number of fused-ring (bicyclic) bond motifs is 3. The smallest absolute Gasteiger partial charge is 0.204 e. The average Bonchev–Trinajstić information content (AvgIpc) is 2.89. The summed E-state index contributed by atoms with van der Waals surface area (Å²) in [5.41, 5.74) is 1.01. The molecule has 0 fully saturated rings. The summed E-state index contributed by atoms with van der Waals surface area (Å²) in [7, 11) is 0. The van der Waals surface area contributed by atoms with E-state index in [2.05, 4.69) is 18.2 Å². The van der Waals surface area contributed by atoms with Gasteiger partial charge < -0.3 is 14.6 Å². The van der Waals surface area contributed by atoms with Crippen LogP contribution in [0.2, 0.25) is 0 Å². The molecule has 3 heteroatoms. The van der Waals surface area contributed by atoms with Gasteiger partial charge in [-0.1, -0.05) is 24.3 Å². The third-order valence-electron chi connectivity index (χ3n) is 4.00. The summed E-state index contributed by atoms with van der Waals surface area (Å²) in [5.74, 6) is 0.784. The summed E-state index contributed by atoms with van der Waals surface area (Å²) in [4.78, 5) is 0. The van der Waals surface area contributed by atoms with E-state index in [1.165, 1.54) is 5.39 Å². The van der Waals surface area contributed by atoms with Gasteiger partial charge in [0.15, 0.2) is 11.5 Å². The van der Waals surface area contributed by atoms with Gasteiger partial charge in [0, 0.05) is 24.0 Å². The maximum atomic E-state index is 10.5. The fourth-order valence-electron chi connectivity index (χ4n) is 3.02. The molecule has 0 saturated carbocycles. The monoisotopic (exact) mass is 280 g/mol. The standard InChI is InChI=1S/C18H16O3/c1-2-20-16-10-14-8-13-7-11-5-3-4-6-12(11)9-15(13)17(19)18(14)21-16/h3-9,16,19H,2,10H2,1H3. The van der Waals surface area contributed by atoms with Crippen molar-refractivity contribution >= 4 is 21.5 Å². The first-order chi connectivity index (χ1) is 10.3. The summed E-state index contributed by atoms with van der Waals surface area (Å²) in [6.45, 7) is 2.54. The molecular formula is C18H16O3. The number of rotatable bonds is 2. The first-order valence-electron chi connectivity index (χ1n) is 7.22. The zero-order chi connectivity index (χ0) is 14.4. The number of ether oxygens (including phenoxy) is 2. The molecule has 4 rings (SSSR count). The van der Waals surface area contributed by atoms with Gasteiger partial charge in [0.25, 0.3) is 0 Å². The Kier molecular flexibility index (Phi) is 2.76. The van der Waals surface area contributed by atoms with E-state index in [1.807, 2.05) is 31.2 Å². The van der Waals surface area contributed by atoms with Gasteiger partial charge in [-0.15, -0.1) is 0 Å². The molecule has 106 valence electrons. The largest absolute Gasteiger partial charge is 0.504 e. The van der Waals surface area contributed by atoms with Gasteiger partial charge in [-0.2, -0.15) is 0 Å². The van der Waals surface area contributed by atoms with Crippen molar-refractivity contribution in [1.29, 1.82) is 0 Å². The normalized spacial score (nSPS) is 17.1. The van der Waals surface area contributed by atoms with Crippen LogP contribution in [0.3, 0.4) is 0 Å². The van der Waals surface area contributed by atoms with Crippen LogP contribution in [0.25, 0.3) is 21.5 Å². The average molecular weight is 280 g/mol. The molecule has 1 unspecified atom stereocenters. The van der Waals surface area contributed by atoms with Crippen LogP contribution in [0.4, 0.5) is 0 Å². The Morgan fingerprint density at radius 2 is 1.90 bits per heavy atom. The minimum absolute atomic E-state index is 0.218. The lowest BCUT2D eigenvalue weighted by Crippen LogP contribution is -2.16. The highest BCUT2D eigenvalue weighted by Crippen LogP contribution is 2.43. The molecule has 21 heavy (non-hydrogen) atoms. The van der Waals surface area contributed by atoms with E-state index in [0.717, 1.165) is 21.7 Å². The molecule has 3 aromatic rings. The third kappa shape index (κ3) is 1.93. The summed E-state index contributed by atoms with van der Waals surface area (Å²) in [6.07, 6.45) is 0.390. The van der Waals surface area contributed by atoms with Gasteiger partial charge in [-0.25, -0.2) is 0 Å². The van der Waals surface area contributed by atoms with Crippen molar-refractivity contribution in [3.8, 4) is 11.5 Å². The van der Waals surface area contributed by atoms with Crippen LogP contribution < -0.4 is 4.74 Å². The lowest BCUT2D eigenvalue weighted by atomic mass is 9.99. The minimum Gasteiger partial charge on any atom is -0.504 e. The van der Waals surface area contributed by atoms with Crippen molar-refractivity contribution in [3.63, 3.8) is 0 Å². The van der Waals surface area contributed by atoms with E-state index in [1.54, 1.807) is 0 Å². The van der Waals surface area contributed by atoms with Crippen LogP contribution in [0.15, 0.2) is 42.5 Å². The van der Waals surface area contributed by atoms with Gasteiger partial charge in [0.2, 0.25) is 6.29 Å². The highest BCUT2D eigenvalue weighted by molar-refractivity contribution is 6.02. The molecule has 1 N–H and O–H groups in total. The van der Waals surface area contributed by atoms with E-state index in [9.17, 15) is 5.11 Å². The van der Waals surface area contributed by atoms with Crippen LogP contribution in [-0.4, -0.2) is 18.0 Å². The Balaban J connectivity index is 1.93. The second kappa shape index (κ2) is 4.64. The van der Waals surface area contributed by atoms with E-state index in [4.69, 9.17) is 9.47 Å². The van der Waals surface area contributed by atoms with Gasteiger partial charge in [0.05, 0.1) is 0 Å². The first-order valence-corrected chi connectivity index (χ1v) is 7.22. The molecule has 0 aromatic heterocycles. The van der Waals surface area contributed by atoms with Crippen molar-refractivity contribution in [2.75, 3.05) is 6.61 Å². The lowest BCUT2D eigenvalue weighted by Gasteiger charge is -2.11. The molecule has 1 heterocycles. The molecular weight excluding hydrogens is 264 g/mol. The maximum Gasteiger partial charge on any atom is 0.204 e. The summed E-state index contributed by atoms with van der Waals surface area (Å²) in [5, 5.41) is 14.7. The van der Waals surface area contributed by atoms with Crippen molar-refractivity contribution in [1.82, 2.24) is 0 Å². The van der Waals surface area contributed by atoms with Gasteiger partial charge in [-0.3, -0.25) is 0 Å². The summed E-state index contributed by atoms with van der Waals surface area (Å²) >= 11 is 0. The molecule has 0 saturated heterocycles. The SMILES string of the molecule is CCOC1Cc2cc3cc4ccccc4cc3c(O)c2O1. The first kappa shape index (κ1) is 12.5. The topological polar surface area (TPSA) is 38.7 Å². The van der Waals surface area contributed by atoms with Gasteiger partial charge in [-0.05, 0) is 41.3 Å². The van der Waals surface area contributed by atoms with Crippen molar-refractivity contribution in [2.45, 2.75) is 19.6 Å². The van der Waals surface area contributed by atoms with Crippen LogP contribution in [0.1, 0.15) is 12.5 Å². The Morgan fingerprint density at radius 1 is 1.14 bits per heavy atom. The second-order valence-corrected chi connectivity index (χ2v) is 5.34. The molecule has 3 aromatic carbocycles. The number of hydrogen-bond donors (Lipinski definition) is 1. The fourth-order valence-corrected chi connectivity index (χ4v) is 3.02. The predicted molar refractivity (Wildman–Crippen MR) is 82.9 cm³/mol. The number of phenols is 1. The molecule has 0 spiro atoms. The van der Waals surface area contributed by atoms with Crippen molar-refractivity contribution in [3.05, 3.63) is 48.0 Å². The van der Waals surface area contributed by atoms with Crippen LogP contribution in [0, 0.1) is 0 Å². The fraction of sp³-hybridized carbons (Fsp3) is 0.222. The van der Waals surface area contributed by atoms with Crippen molar-refractivity contribution < 1.29 is 14.6 Å². The van der Waals surface area contributed by atoms with Gasteiger partial charge in [0.1, 0.15) is 0 Å². The third-order valence-corrected chi connectivity index (χ3v) is 4.00. The molecule has 1 aliphatic heterocycles. The number of benzene rings is 3. The summed E-state index contributed by atoms with van der Waals surface area (Å²) in [6, 6.07) is 14.4. The zero-order valence-corrected chi connectivity index (χ0v) is 11.8. The molecule has 0 amide bonds.